The number of aliphatic hydroxyl groups excluding tert-OH is 2. The highest BCUT2D eigenvalue weighted by molar-refractivity contribution is 4.87. The average molecular weight is 199 g/mol. The minimum absolute atomic E-state index is 0.0966. The lowest BCUT2D eigenvalue weighted by Crippen LogP contribution is -2.45. The Hall–Kier alpha value is -0.120. The molecule has 3 nitrogen and oxygen atoms in total. The third kappa shape index (κ3) is 2.10. The predicted molar refractivity (Wildman–Crippen MR) is 55.0 cm³/mol. The van der Waals surface area contributed by atoms with E-state index in [0.29, 0.717) is 18.6 Å². The second-order valence-electron chi connectivity index (χ2n) is 4.73. The quantitative estimate of drug-likeness (QED) is 0.684. The Morgan fingerprint density at radius 1 is 1.07 bits per heavy atom. The average Bonchev–Trinajstić information content (AvgIpc) is 2.65. The Bertz CT molecular complexity index is 178. The molecule has 1 heterocycles. The standard InChI is InChI=1S/C11H21NO2/c13-8-9-4-6-12(7-5-9)10-2-1-3-11(10)14/h9-11,13-14H,1-8H2. The molecule has 1 aliphatic heterocycles. The number of hydrogen-bond acceptors (Lipinski definition) is 3. The second kappa shape index (κ2) is 4.60. The van der Waals surface area contributed by atoms with E-state index in [1.54, 1.807) is 0 Å². The molecular formula is C11H21NO2. The van der Waals surface area contributed by atoms with Gasteiger partial charge in [-0.15, -0.1) is 0 Å². The zero-order valence-electron chi connectivity index (χ0n) is 8.73. The molecule has 0 aromatic rings. The van der Waals surface area contributed by atoms with Gasteiger partial charge >= 0.3 is 0 Å². The van der Waals surface area contributed by atoms with Crippen molar-refractivity contribution in [1.29, 1.82) is 0 Å². The van der Waals surface area contributed by atoms with Crippen LogP contribution in [0, 0.1) is 5.92 Å². The van der Waals surface area contributed by atoms with Crippen LogP contribution >= 0.6 is 0 Å². The summed E-state index contributed by atoms with van der Waals surface area (Å²) in [5, 5.41) is 18.8. The minimum Gasteiger partial charge on any atom is -0.396 e. The van der Waals surface area contributed by atoms with Crippen molar-refractivity contribution in [1.82, 2.24) is 4.90 Å². The molecule has 0 amide bonds. The van der Waals surface area contributed by atoms with E-state index in [1.807, 2.05) is 0 Å². The summed E-state index contributed by atoms with van der Waals surface area (Å²) >= 11 is 0. The van der Waals surface area contributed by atoms with E-state index in [2.05, 4.69) is 4.90 Å². The lowest BCUT2D eigenvalue weighted by atomic mass is 9.96. The monoisotopic (exact) mass is 199 g/mol. The molecule has 0 spiro atoms. The van der Waals surface area contributed by atoms with E-state index in [9.17, 15) is 5.11 Å². The first kappa shape index (κ1) is 10.4. The summed E-state index contributed by atoms with van der Waals surface area (Å²) in [5.41, 5.74) is 0. The molecule has 2 fully saturated rings. The molecule has 0 aromatic heterocycles. The van der Waals surface area contributed by atoms with Crippen LogP contribution in [0.1, 0.15) is 32.1 Å². The van der Waals surface area contributed by atoms with Crippen LogP contribution in [0.15, 0.2) is 0 Å². The van der Waals surface area contributed by atoms with Crippen molar-refractivity contribution in [3.8, 4) is 0 Å². The number of likely N-dealkylation sites (tertiary alicyclic amines) is 1. The Morgan fingerprint density at radius 2 is 1.79 bits per heavy atom. The molecule has 1 saturated carbocycles. The summed E-state index contributed by atoms with van der Waals surface area (Å²) in [7, 11) is 0. The molecule has 0 radical (unpaired) electrons. The van der Waals surface area contributed by atoms with Gasteiger partial charge in [-0.25, -0.2) is 0 Å². The number of piperidine rings is 1. The summed E-state index contributed by atoms with van der Waals surface area (Å²) in [4.78, 5) is 2.42. The summed E-state index contributed by atoms with van der Waals surface area (Å²) < 4.78 is 0. The first-order valence-corrected chi connectivity index (χ1v) is 5.84. The van der Waals surface area contributed by atoms with Crippen LogP contribution in [0.2, 0.25) is 0 Å². The molecule has 2 rings (SSSR count). The summed E-state index contributed by atoms with van der Waals surface area (Å²) in [6, 6.07) is 0.412. The fraction of sp³-hybridized carbons (Fsp3) is 1.00. The van der Waals surface area contributed by atoms with E-state index < -0.39 is 0 Å². The lowest BCUT2D eigenvalue weighted by molar-refractivity contribution is 0.0395. The highest BCUT2D eigenvalue weighted by atomic mass is 16.3. The maximum atomic E-state index is 9.77. The topological polar surface area (TPSA) is 43.7 Å². The number of aliphatic hydroxyl groups is 2. The van der Waals surface area contributed by atoms with Gasteiger partial charge in [0.1, 0.15) is 0 Å². The van der Waals surface area contributed by atoms with Gasteiger partial charge in [-0.2, -0.15) is 0 Å². The molecule has 2 unspecified atom stereocenters. The van der Waals surface area contributed by atoms with Gasteiger partial charge in [-0.05, 0) is 51.1 Å². The van der Waals surface area contributed by atoms with Crippen LogP contribution < -0.4 is 0 Å². The largest absolute Gasteiger partial charge is 0.396 e. The smallest absolute Gasteiger partial charge is 0.0695 e. The van der Waals surface area contributed by atoms with Gasteiger partial charge in [-0.1, -0.05) is 0 Å². The van der Waals surface area contributed by atoms with E-state index in [1.165, 1.54) is 6.42 Å². The normalized spacial score (nSPS) is 36.4. The Balaban J connectivity index is 1.82. The number of rotatable bonds is 2. The summed E-state index contributed by atoms with van der Waals surface area (Å²) in [6.45, 7) is 2.46. The number of hydrogen-bond donors (Lipinski definition) is 2. The van der Waals surface area contributed by atoms with E-state index in [4.69, 9.17) is 5.11 Å². The Labute approximate surface area is 85.7 Å². The predicted octanol–water partition coefficient (Wildman–Crippen LogP) is 0.604. The molecule has 2 aliphatic rings. The van der Waals surface area contributed by atoms with E-state index >= 15 is 0 Å². The molecular weight excluding hydrogens is 178 g/mol. The van der Waals surface area contributed by atoms with Crippen molar-refractivity contribution in [2.45, 2.75) is 44.2 Å². The van der Waals surface area contributed by atoms with Crippen LogP contribution in [0.3, 0.4) is 0 Å². The van der Waals surface area contributed by atoms with Crippen molar-refractivity contribution >= 4 is 0 Å². The first-order chi connectivity index (χ1) is 6.81. The van der Waals surface area contributed by atoms with Crippen LogP contribution in [-0.2, 0) is 0 Å². The molecule has 1 saturated heterocycles. The van der Waals surface area contributed by atoms with Gasteiger partial charge in [-0.3, -0.25) is 4.90 Å². The van der Waals surface area contributed by atoms with Gasteiger partial charge < -0.3 is 10.2 Å². The second-order valence-corrected chi connectivity index (χ2v) is 4.73. The Kier molecular flexibility index (Phi) is 3.42. The maximum Gasteiger partial charge on any atom is 0.0695 e. The van der Waals surface area contributed by atoms with Gasteiger partial charge in [0.25, 0.3) is 0 Å². The third-order valence-corrected chi connectivity index (χ3v) is 3.82. The molecule has 2 atom stereocenters. The van der Waals surface area contributed by atoms with Crippen LogP contribution in [0.25, 0.3) is 0 Å². The molecule has 0 aromatic carbocycles. The zero-order valence-corrected chi connectivity index (χ0v) is 8.73. The zero-order chi connectivity index (χ0) is 9.97. The maximum absolute atomic E-state index is 9.77. The lowest BCUT2D eigenvalue weighted by Gasteiger charge is -2.36. The molecule has 3 heteroatoms. The summed E-state index contributed by atoms with van der Waals surface area (Å²) in [6.07, 6.45) is 5.40. The van der Waals surface area contributed by atoms with Crippen molar-refractivity contribution < 1.29 is 10.2 Å². The van der Waals surface area contributed by atoms with Gasteiger partial charge in [0.05, 0.1) is 6.10 Å². The van der Waals surface area contributed by atoms with Crippen molar-refractivity contribution in [3.05, 3.63) is 0 Å². The highest BCUT2D eigenvalue weighted by Gasteiger charge is 2.32. The van der Waals surface area contributed by atoms with Gasteiger partial charge in [0.15, 0.2) is 0 Å². The first-order valence-electron chi connectivity index (χ1n) is 5.84. The SMILES string of the molecule is OCC1CCN(C2CCCC2O)CC1. The molecule has 2 N–H and O–H groups in total. The Morgan fingerprint density at radius 3 is 2.29 bits per heavy atom. The summed E-state index contributed by atoms with van der Waals surface area (Å²) in [5.74, 6) is 0.504. The highest BCUT2D eigenvalue weighted by Crippen LogP contribution is 2.27. The van der Waals surface area contributed by atoms with Crippen LogP contribution in [0.5, 0.6) is 0 Å². The van der Waals surface area contributed by atoms with Crippen LogP contribution in [0.4, 0.5) is 0 Å². The van der Waals surface area contributed by atoms with E-state index in [-0.39, 0.29) is 6.10 Å². The number of nitrogens with zero attached hydrogens (tertiary/aromatic N) is 1. The van der Waals surface area contributed by atoms with Crippen molar-refractivity contribution in [3.63, 3.8) is 0 Å². The van der Waals surface area contributed by atoms with E-state index in [0.717, 1.165) is 38.8 Å². The minimum atomic E-state index is -0.0966. The molecule has 14 heavy (non-hydrogen) atoms. The van der Waals surface area contributed by atoms with Crippen molar-refractivity contribution in [2.24, 2.45) is 5.92 Å². The van der Waals surface area contributed by atoms with Crippen LogP contribution in [-0.4, -0.2) is 47.0 Å². The third-order valence-electron chi connectivity index (χ3n) is 3.82. The molecule has 1 aliphatic carbocycles. The fourth-order valence-electron chi connectivity index (χ4n) is 2.81. The van der Waals surface area contributed by atoms with Gasteiger partial charge in [0.2, 0.25) is 0 Å². The fourth-order valence-corrected chi connectivity index (χ4v) is 2.81. The van der Waals surface area contributed by atoms with Crippen molar-refractivity contribution in [2.75, 3.05) is 19.7 Å². The van der Waals surface area contributed by atoms with Gasteiger partial charge in [0, 0.05) is 12.6 Å². The molecule has 0 bridgehead atoms. The molecule has 82 valence electrons.